The molecule has 1 aliphatic heterocycles. The van der Waals surface area contributed by atoms with Gasteiger partial charge in [-0.05, 0) is 43.8 Å². The molecule has 4 atom stereocenters. The third-order valence-corrected chi connectivity index (χ3v) is 5.20. The molecule has 1 saturated carbocycles. The van der Waals surface area contributed by atoms with Gasteiger partial charge in [0.05, 0.1) is 12.2 Å². The Hall–Kier alpha value is -0.940. The molecule has 116 valence electrons. The second-order valence-corrected chi connectivity index (χ2v) is 6.56. The van der Waals surface area contributed by atoms with Crippen LogP contribution in [0.5, 0.6) is 0 Å². The van der Waals surface area contributed by atoms with Crippen LogP contribution in [0.15, 0.2) is 30.3 Å². The Morgan fingerprint density at radius 1 is 0.952 bits per heavy atom. The van der Waals surface area contributed by atoms with Gasteiger partial charge in [0, 0.05) is 18.5 Å². The van der Waals surface area contributed by atoms with E-state index in [2.05, 4.69) is 35.2 Å². The average Bonchev–Trinajstić information content (AvgIpc) is 2.52. The number of aliphatic hydroxyl groups excluding tert-OH is 2. The Morgan fingerprint density at radius 2 is 1.62 bits per heavy atom. The van der Waals surface area contributed by atoms with Crippen molar-refractivity contribution in [3.63, 3.8) is 0 Å². The summed E-state index contributed by atoms with van der Waals surface area (Å²) in [4.78, 5) is 2.37. The maximum atomic E-state index is 10.2. The van der Waals surface area contributed by atoms with Gasteiger partial charge in [-0.3, -0.25) is 4.90 Å². The minimum Gasteiger partial charge on any atom is -0.391 e. The molecule has 0 bridgehead atoms. The molecule has 1 aromatic carbocycles. The van der Waals surface area contributed by atoms with Crippen molar-refractivity contribution in [2.75, 3.05) is 13.1 Å². The molecule has 4 N–H and O–H groups in total. The topological polar surface area (TPSA) is 69.7 Å². The van der Waals surface area contributed by atoms with Crippen molar-refractivity contribution >= 4 is 0 Å². The van der Waals surface area contributed by atoms with Gasteiger partial charge in [-0.15, -0.1) is 0 Å². The van der Waals surface area contributed by atoms with Crippen LogP contribution in [-0.2, 0) is 0 Å². The summed E-state index contributed by atoms with van der Waals surface area (Å²) in [5.41, 5.74) is 7.39. The lowest BCUT2D eigenvalue weighted by Crippen LogP contribution is -2.56. The number of likely N-dealkylation sites (tertiary alicyclic amines) is 1. The molecular weight excluding hydrogens is 264 g/mol. The Kier molecular flexibility index (Phi) is 4.60. The van der Waals surface area contributed by atoms with Crippen LogP contribution in [0.4, 0.5) is 0 Å². The highest BCUT2D eigenvalue weighted by atomic mass is 16.3. The normalized spacial score (nSPS) is 35.8. The molecule has 3 rings (SSSR count). The molecule has 1 aromatic rings. The number of benzene rings is 1. The number of piperidine rings is 1. The molecule has 1 heterocycles. The van der Waals surface area contributed by atoms with E-state index in [-0.39, 0.29) is 12.1 Å². The van der Waals surface area contributed by atoms with E-state index in [0.29, 0.717) is 18.8 Å². The lowest BCUT2D eigenvalue weighted by atomic mass is 9.83. The number of aliphatic hydroxyl groups is 2. The first-order chi connectivity index (χ1) is 10.1. The van der Waals surface area contributed by atoms with Crippen molar-refractivity contribution in [2.45, 2.75) is 55.9 Å². The van der Waals surface area contributed by atoms with E-state index in [1.165, 1.54) is 5.56 Å². The Balaban J connectivity index is 1.58. The fourth-order valence-corrected chi connectivity index (χ4v) is 3.85. The third-order valence-electron chi connectivity index (χ3n) is 5.20. The molecule has 4 nitrogen and oxygen atoms in total. The van der Waals surface area contributed by atoms with Crippen LogP contribution in [0, 0.1) is 0 Å². The minimum absolute atomic E-state index is 0.111. The zero-order valence-electron chi connectivity index (χ0n) is 12.4. The fourth-order valence-electron chi connectivity index (χ4n) is 3.85. The smallest absolute Gasteiger partial charge is 0.0721 e. The molecule has 1 aliphatic carbocycles. The zero-order chi connectivity index (χ0) is 14.8. The van der Waals surface area contributed by atoms with Crippen LogP contribution in [0.25, 0.3) is 0 Å². The van der Waals surface area contributed by atoms with Crippen molar-refractivity contribution in [3.05, 3.63) is 35.9 Å². The summed E-state index contributed by atoms with van der Waals surface area (Å²) in [6.07, 6.45) is 2.35. The highest BCUT2D eigenvalue weighted by Crippen LogP contribution is 2.31. The molecule has 0 amide bonds. The van der Waals surface area contributed by atoms with Crippen molar-refractivity contribution in [2.24, 2.45) is 5.73 Å². The molecular formula is C17H26N2O2. The van der Waals surface area contributed by atoms with Gasteiger partial charge in [-0.25, -0.2) is 0 Å². The van der Waals surface area contributed by atoms with Crippen LogP contribution in [0.3, 0.4) is 0 Å². The van der Waals surface area contributed by atoms with Gasteiger partial charge >= 0.3 is 0 Å². The molecule has 2 fully saturated rings. The summed E-state index contributed by atoms with van der Waals surface area (Å²) in [5, 5.41) is 20.0. The minimum atomic E-state index is -0.557. The molecule has 1 saturated heterocycles. The summed E-state index contributed by atoms with van der Waals surface area (Å²) >= 11 is 0. The highest BCUT2D eigenvalue weighted by molar-refractivity contribution is 5.20. The SMILES string of the molecule is N[C@H]1C[C@H](N2CCC(c3ccccc3)CC2)[C@@H](O)C[C@@H]1O. The van der Waals surface area contributed by atoms with Gasteiger partial charge in [0.2, 0.25) is 0 Å². The lowest BCUT2D eigenvalue weighted by Gasteiger charge is -2.44. The largest absolute Gasteiger partial charge is 0.391 e. The number of rotatable bonds is 2. The van der Waals surface area contributed by atoms with Crippen molar-refractivity contribution in [3.8, 4) is 0 Å². The van der Waals surface area contributed by atoms with Crippen molar-refractivity contribution in [1.82, 2.24) is 4.90 Å². The Morgan fingerprint density at radius 3 is 2.29 bits per heavy atom. The van der Waals surface area contributed by atoms with Crippen LogP contribution in [-0.4, -0.2) is 52.5 Å². The first-order valence-corrected chi connectivity index (χ1v) is 8.06. The van der Waals surface area contributed by atoms with Crippen LogP contribution >= 0.6 is 0 Å². The summed E-state index contributed by atoms with van der Waals surface area (Å²) < 4.78 is 0. The summed E-state index contributed by atoms with van der Waals surface area (Å²) in [6.45, 7) is 2.01. The van der Waals surface area contributed by atoms with Gasteiger partial charge < -0.3 is 15.9 Å². The van der Waals surface area contributed by atoms with E-state index >= 15 is 0 Å². The first kappa shape index (κ1) is 15.0. The molecule has 4 heteroatoms. The molecule has 21 heavy (non-hydrogen) atoms. The van der Waals surface area contributed by atoms with E-state index in [9.17, 15) is 10.2 Å². The molecule has 0 radical (unpaired) electrons. The molecule has 2 aliphatic rings. The van der Waals surface area contributed by atoms with Crippen LogP contribution in [0.1, 0.15) is 37.2 Å². The predicted molar refractivity (Wildman–Crippen MR) is 83.0 cm³/mol. The number of nitrogens with zero attached hydrogens (tertiary/aromatic N) is 1. The third kappa shape index (κ3) is 3.29. The second kappa shape index (κ2) is 6.44. The monoisotopic (exact) mass is 290 g/mol. The summed E-state index contributed by atoms with van der Waals surface area (Å²) in [6, 6.07) is 10.6. The number of hydrogen-bond donors (Lipinski definition) is 3. The van der Waals surface area contributed by atoms with Gasteiger partial charge in [-0.2, -0.15) is 0 Å². The fraction of sp³-hybridized carbons (Fsp3) is 0.647. The average molecular weight is 290 g/mol. The molecule has 0 aromatic heterocycles. The summed E-state index contributed by atoms with van der Waals surface area (Å²) in [5.74, 6) is 0.627. The van der Waals surface area contributed by atoms with E-state index in [1.54, 1.807) is 0 Å². The second-order valence-electron chi connectivity index (χ2n) is 6.56. The van der Waals surface area contributed by atoms with Gasteiger partial charge in [-0.1, -0.05) is 30.3 Å². The van der Waals surface area contributed by atoms with E-state index in [0.717, 1.165) is 25.9 Å². The first-order valence-electron chi connectivity index (χ1n) is 8.06. The molecule has 0 spiro atoms. The van der Waals surface area contributed by atoms with Crippen molar-refractivity contribution in [1.29, 1.82) is 0 Å². The number of hydrogen-bond acceptors (Lipinski definition) is 4. The molecule has 0 unspecified atom stereocenters. The Labute approximate surface area is 126 Å². The van der Waals surface area contributed by atoms with E-state index < -0.39 is 12.2 Å². The van der Waals surface area contributed by atoms with Crippen LogP contribution < -0.4 is 5.73 Å². The standard InChI is InChI=1S/C17H26N2O2/c18-14-10-15(17(21)11-16(14)20)19-8-6-13(7-9-19)12-4-2-1-3-5-12/h1-5,13-17,20-21H,6-11,18H2/t14-,15-,16-,17-/m0/s1. The zero-order valence-corrected chi connectivity index (χ0v) is 12.4. The Bertz CT molecular complexity index is 445. The lowest BCUT2D eigenvalue weighted by molar-refractivity contribution is -0.0420. The predicted octanol–water partition coefficient (Wildman–Crippen LogP) is 1.08. The van der Waals surface area contributed by atoms with E-state index in [4.69, 9.17) is 5.73 Å². The van der Waals surface area contributed by atoms with Gasteiger partial charge in [0.25, 0.3) is 0 Å². The quantitative estimate of drug-likeness (QED) is 0.762. The highest BCUT2D eigenvalue weighted by Gasteiger charge is 2.37. The maximum absolute atomic E-state index is 10.2. The van der Waals surface area contributed by atoms with Gasteiger partial charge in [0.15, 0.2) is 0 Å². The van der Waals surface area contributed by atoms with Crippen LogP contribution in [0.2, 0.25) is 0 Å². The maximum Gasteiger partial charge on any atom is 0.0721 e. The summed E-state index contributed by atoms with van der Waals surface area (Å²) in [7, 11) is 0. The van der Waals surface area contributed by atoms with Gasteiger partial charge in [0.1, 0.15) is 0 Å². The number of nitrogens with two attached hydrogens (primary N) is 1. The van der Waals surface area contributed by atoms with E-state index in [1.807, 2.05) is 0 Å². The van der Waals surface area contributed by atoms with Crippen molar-refractivity contribution < 1.29 is 10.2 Å².